The van der Waals surface area contributed by atoms with E-state index in [1.807, 2.05) is 37.4 Å². The minimum atomic E-state index is 0.192. The average Bonchev–Trinajstić information content (AvgIpc) is 3.22. The highest BCUT2D eigenvalue weighted by Crippen LogP contribution is 2.35. The number of phenols is 2. The van der Waals surface area contributed by atoms with E-state index in [0.29, 0.717) is 5.82 Å². The van der Waals surface area contributed by atoms with Gasteiger partial charge >= 0.3 is 0 Å². The zero-order valence-electron chi connectivity index (χ0n) is 13.4. The van der Waals surface area contributed by atoms with Crippen molar-refractivity contribution in [3.05, 3.63) is 60.7 Å². The van der Waals surface area contributed by atoms with Crippen LogP contribution in [0.4, 0.5) is 0 Å². The van der Waals surface area contributed by atoms with Gasteiger partial charge < -0.3 is 10.2 Å². The second kappa shape index (κ2) is 6.07. The molecule has 4 rings (SSSR count). The molecule has 4 aromatic rings. The molecule has 0 unspecified atom stereocenters. The summed E-state index contributed by atoms with van der Waals surface area (Å²) in [5, 5.41) is 23.5. The lowest BCUT2D eigenvalue weighted by atomic mass is 10.2. The Morgan fingerprint density at radius 3 is 2.36 bits per heavy atom. The molecular weight excluding hydrogens is 334 g/mol. The smallest absolute Gasteiger partial charge is 0.181 e. The van der Waals surface area contributed by atoms with Gasteiger partial charge in [-0.25, -0.2) is 9.67 Å². The molecule has 0 atom stereocenters. The normalized spacial score (nSPS) is 10.9. The van der Waals surface area contributed by atoms with Gasteiger partial charge in [-0.15, -0.1) is 11.3 Å². The fourth-order valence-electron chi connectivity index (χ4n) is 2.61. The summed E-state index contributed by atoms with van der Waals surface area (Å²) in [5.74, 6) is 1.79. The first kappa shape index (κ1) is 15.4. The molecule has 0 saturated carbocycles. The van der Waals surface area contributed by atoms with Crippen LogP contribution in [0.5, 0.6) is 11.5 Å². The fraction of sp³-hybridized carbons (Fsp3) is 0.0526. The highest BCUT2D eigenvalue weighted by atomic mass is 32.1. The Bertz CT molecular complexity index is 1040. The number of rotatable bonds is 3. The number of aryl methyl sites for hydroxylation is 1. The molecule has 6 heteroatoms. The van der Waals surface area contributed by atoms with Crippen molar-refractivity contribution in [2.45, 2.75) is 0 Å². The molecule has 2 aromatic carbocycles. The van der Waals surface area contributed by atoms with E-state index in [1.54, 1.807) is 46.4 Å². The van der Waals surface area contributed by atoms with Crippen LogP contribution in [0.2, 0.25) is 0 Å². The maximum Gasteiger partial charge on any atom is 0.181 e. The van der Waals surface area contributed by atoms with Gasteiger partial charge in [-0.1, -0.05) is 12.1 Å². The van der Waals surface area contributed by atoms with Crippen LogP contribution in [-0.4, -0.2) is 25.0 Å². The Labute approximate surface area is 148 Å². The quantitative estimate of drug-likeness (QED) is 0.579. The maximum absolute atomic E-state index is 9.64. The zero-order valence-corrected chi connectivity index (χ0v) is 14.2. The van der Waals surface area contributed by atoms with Crippen molar-refractivity contribution >= 4 is 11.3 Å². The molecule has 5 nitrogen and oxygen atoms in total. The lowest BCUT2D eigenvalue weighted by molar-refractivity contribution is 0.475. The van der Waals surface area contributed by atoms with Gasteiger partial charge in [0.2, 0.25) is 0 Å². The number of hydrogen-bond acceptors (Lipinski definition) is 5. The Morgan fingerprint density at radius 1 is 0.840 bits per heavy atom. The van der Waals surface area contributed by atoms with E-state index in [1.165, 1.54) is 0 Å². The maximum atomic E-state index is 9.64. The third kappa shape index (κ3) is 2.99. The number of phenolic OH excluding ortho intramolecular Hbond substituents is 2. The van der Waals surface area contributed by atoms with Crippen LogP contribution in [0.1, 0.15) is 0 Å². The molecule has 2 heterocycles. The molecule has 0 amide bonds. The Morgan fingerprint density at radius 2 is 1.60 bits per heavy atom. The third-order valence-electron chi connectivity index (χ3n) is 3.85. The molecule has 124 valence electrons. The van der Waals surface area contributed by atoms with Crippen molar-refractivity contribution in [2.75, 3.05) is 0 Å². The van der Waals surface area contributed by atoms with Crippen molar-refractivity contribution in [2.24, 2.45) is 7.05 Å². The summed E-state index contributed by atoms with van der Waals surface area (Å²) in [6.45, 7) is 0. The summed E-state index contributed by atoms with van der Waals surface area (Å²) < 4.78 is 1.74. The minimum absolute atomic E-state index is 0.192. The van der Waals surface area contributed by atoms with Crippen LogP contribution >= 0.6 is 11.3 Å². The first-order valence-corrected chi connectivity index (χ1v) is 8.52. The van der Waals surface area contributed by atoms with E-state index in [9.17, 15) is 10.2 Å². The van der Waals surface area contributed by atoms with E-state index in [-0.39, 0.29) is 11.5 Å². The molecular formula is C19H15N3O2S. The molecule has 0 aliphatic heterocycles. The SMILES string of the molecule is Cn1nc(-c2cccc(O)c2)nc1-c1ccc(-c2ccc(O)cc2)s1. The molecule has 2 aromatic heterocycles. The second-order valence-corrected chi connectivity index (χ2v) is 6.73. The first-order chi connectivity index (χ1) is 12.1. The summed E-state index contributed by atoms with van der Waals surface area (Å²) in [7, 11) is 1.86. The van der Waals surface area contributed by atoms with Crippen LogP contribution in [-0.2, 0) is 7.05 Å². The van der Waals surface area contributed by atoms with Gasteiger partial charge in [0.1, 0.15) is 11.5 Å². The molecule has 0 saturated heterocycles. The Hall–Kier alpha value is -3.12. The number of hydrogen-bond donors (Lipinski definition) is 2. The van der Waals surface area contributed by atoms with Crippen LogP contribution in [0, 0.1) is 0 Å². The van der Waals surface area contributed by atoms with Crippen molar-refractivity contribution in [1.29, 1.82) is 0 Å². The Kier molecular flexibility index (Phi) is 3.74. The number of aromatic nitrogens is 3. The molecule has 0 radical (unpaired) electrons. The number of thiophene rings is 1. The van der Waals surface area contributed by atoms with Crippen LogP contribution in [0.3, 0.4) is 0 Å². The number of benzene rings is 2. The van der Waals surface area contributed by atoms with Gasteiger partial charge in [0.05, 0.1) is 4.88 Å². The predicted molar refractivity (Wildman–Crippen MR) is 98.5 cm³/mol. The predicted octanol–water partition coefficient (Wildman–Crippen LogP) is 4.29. The highest BCUT2D eigenvalue weighted by Gasteiger charge is 2.14. The van der Waals surface area contributed by atoms with Crippen LogP contribution < -0.4 is 0 Å². The van der Waals surface area contributed by atoms with Crippen LogP contribution in [0.25, 0.3) is 32.5 Å². The number of aromatic hydroxyl groups is 2. The van der Waals surface area contributed by atoms with Crippen molar-refractivity contribution in [1.82, 2.24) is 14.8 Å². The van der Waals surface area contributed by atoms with Crippen molar-refractivity contribution in [3.63, 3.8) is 0 Å². The van der Waals surface area contributed by atoms with Crippen molar-refractivity contribution < 1.29 is 10.2 Å². The summed E-state index contributed by atoms with van der Waals surface area (Å²) >= 11 is 1.62. The third-order valence-corrected chi connectivity index (χ3v) is 4.98. The van der Waals surface area contributed by atoms with E-state index >= 15 is 0 Å². The molecule has 0 aliphatic carbocycles. The van der Waals surface area contributed by atoms with Gasteiger partial charge in [-0.05, 0) is 54.1 Å². The van der Waals surface area contributed by atoms with Gasteiger partial charge in [0.25, 0.3) is 0 Å². The monoisotopic (exact) mass is 349 g/mol. The van der Waals surface area contributed by atoms with Crippen LogP contribution in [0.15, 0.2) is 60.7 Å². The summed E-state index contributed by atoms with van der Waals surface area (Å²) in [5.41, 5.74) is 1.82. The van der Waals surface area contributed by atoms with E-state index < -0.39 is 0 Å². The fourth-order valence-corrected chi connectivity index (χ4v) is 3.64. The number of nitrogens with zero attached hydrogens (tertiary/aromatic N) is 3. The molecule has 0 bridgehead atoms. The topological polar surface area (TPSA) is 71.2 Å². The largest absolute Gasteiger partial charge is 0.508 e. The van der Waals surface area contributed by atoms with Gasteiger partial charge in [-0.3, -0.25) is 0 Å². The molecule has 0 fully saturated rings. The van der Waals surface area contributed by atoms with E-state index in [2.05, 4.69) is 10.1 Å². The lowest BCUT2D eigenvalue weighted by Crippen LogP contribution is -1.92. The molecule has 2 N–H and O–H groups in total. The molecule has 0 aliphatic rings. The van der Waals surface area contributed by atoms with E-state index in [0.717, 1.165) is 26.7 Å². The first-order valence-electron chi connectivity index (χ1n) is 7.70. The zero-order chi connectivity index (χ0) is 17.4. The van der Waals surface area contributed by atoms with Gasteiger partial charge in [0.15, 0.2) is 11.6 Å². The second-order valence-electron chi connectivity index (χ2n) is 5.64. The molecule has 0 spiro atoms. The summed E-state index contributed by atoms with van der Waals surface area (Å²) in [6.07, 6.45) is 0. The van der Waals surface area contributed by atoms with Crippen molar-refractivity contribution in [3.8, 4) is 44.0 Å². The minimum Gasteiger partial charge on any atom is -0.508 e. The van der Waals surface area contributed by atoms with E-state index in [4.69, 9.17) is 0 Å². The lowest BCUT2D eigenvalue weighted by Gasteiger charge is -1.97. The highest BCUT2D eigenvalue weighted by molar-refractivity contribution is 7.18. The van der Waals surface area contributed by atoms with Gasteiger partial charge in [0, 0.05) is 17.5 Å². The summed E-state index contributed by atoms with van der Waals surface area (Å²) in [4.78, 5) is 6.72. The Balaban J connectivity index is 1.70. The molecule has 25 heavy (non-hydrogen) atoms. The summed E-state index contributed by atoms with van der Waals surface area (Å²) in [6, 6.07) is 18.1. The van der Waals surface area contributed by atoms with Gasteiger partial charge in [-0.2, -0.15) is 5.10 Å². The standard InChI is InChI=1S/C19H15N3O2S/c1-22-19(20-18(21-22)13-3-2-4-15(24)11-13)17-10-9-16(25-17)12-5-7-14(23)8-6-12/h2-11,23-24H,1H3. The average molecular weight is 349 g/mol.